The fourth-order valence-corrected chi connectivity index (χ4v) is 5.26. The molecule has 0 aromatic heterocycles. The molecule has 0 saturated carbocycles. The van der Waals surface area contributed by atoms with E-state index < -0.39 is 17.7 Å². The van der Waals surface area contributed by atoms with E-state index in [0.717, 1.165) is 11.1 Å². The van der Waals surface area contributed by atoms with Crippen molar-refractivity contribution in [1.29, 1.82) is 0 Å². The average Bonchev–Trinajstić information content (AvgIpc) is 3.32. The minimum Gasteiger partial charge on any atom is -0.507 e. The maximum absolute atomic E-state index is 13.5. The summed E-state index contributed by atoms with van der Waals surface area (Å²) in [5, 5.41) is 11.5. The summed E-state index contributed by atoms with van der Waals surface area (Å²) in [5.74, 6) is -0.124. The second kappa shape index (κ2) is 14.6. The number of amides is 1. The molecular formula is C37H37NO7. The molecule has 5 rings (SSSR count). The first kappa shape index (κ1) is 31.3. The molecule has 1 saturated heterocycles. The van der Waals surface area contributed by atoms with Crippen LogP contribution < -0.4 is 14.2 Å². The van der Waals surface area contributed by atoms with Gasteiger partial charge in [-0.05, 0) is 66.4 Å². The molecule has 4 aromatic carbocycles. The van der Waals surface area contributed by atoms with Gasteiger partial charge in [0.15, 0.2) is 11.5 Å². The van der Waals surface area contributed by atoms with Crippen molar-refractivity contribution in [3.05, 3.63) is 130 Å². The summed E-state index contributed by atoms with van der Waals surface area (Å²) in [6.45, 7) is 3.45. The van der Waals surface area contributed by atoms with E-state index in [4.69, 9.17) is 18.9 Å². The number of carbonyl (C=O) groups excluding carboxylic acids is 2. The lowest BCUT2D eigenvalue weighted by Crippen LogP contribution is -2.31. The van der Waals surface area contributed by atoms with Gasteiger partial charge in [0.2, 0.25) is 0 Å². The van der Waals surface area contributed by atoms with E-state index >= 15 is 0 Å². The lowest BCUT2D eigenvalue weighted by Gasteiger charge is -2.26. The Balaban J connectivity index is 1.44. The maximum atomic E-state index is 13.5. The quantitative estimate of drug-likeness (QED) is 0.0790. The molecule has 4 aromatic rings. The van der Waals surface area contributed by atoms with Crippen LogP contribution in [-0.4, -0.2) is 49.1 Å². The number of aliphatic hydroxyl groups is 1. The van der Waals surface area contributed by atoms with Crippen LogP contribution in [0.3, 0.4) is 0 Å². The Hall–Kier alpha value is -5.08. The van der Waals surface area contributed by atoms with Crippen LogP contribution in [0.1, 0.15) is 40.3 Å². The molecule has 1 aliphatic heterocycles. The van der Waals surface area contributed by atoms with Gasteiger partial charge in [0, 0.05) is 25.8 Å². The third-order valence-electron chi connectivity index (χ3n) is 7.68. The summed E-state index contributed by atoms with van der Waals surface area (Å²) in [5.41, 5.74) is 4.22. The normalized spacial score (nSPS) is 15.7. The van der Waals surface area contributed by atoms with Crippen LogP contribution in [-0.2, 0) is 27.5 Å². The molecule has 1 fully saturated rings. The zero-order valence-electron chi connectivity index (χ0n) is 25.7. The molecule has 45 heavy (non-hydrogen) atoms. The molecule has 232 valence electrons. The number of rotatable bonds is 13. The molecule has 8 heteroatoms. The number of likely N-dealkylation sites (tertiary alicyclic amines) is 1. The highest BCUT2D eigenvalue weighted by Gasteiger charge is 2.46. The highest BCUT2D eigenvalue weighted by Crippen LogP contribution is 2.42. The minimum absolute atomic E-state index is 0.00532. The lowest BCUT2D eigenvalue weighted by atomic mass is 9.95. The fraction of sp³-hybridized carbons (Fsp3) is 0.243. The third kappa shape index (κ3) is 7.36. The van der Waals surface area contributed by atoms with Crippen molar-refractivity contribution in [3.63, 3.8) is 0 Å². The number of ether oxygens (including phenoxy) is 4. The first-order chi connectivity index (χ1) is 21.9. The summed E-state index contributed by atoms with van der Waals surface area (Å²) < 4.78 is 22.8. The van der Waals surface area contributed by atoms with Crippen molar-refractivity contribution in [2.45, 2.75) is 32.6 Å². The monoisotopic (exact) mass is 607 g/mol. The molecule has 1 unspecified atom stereocenters. The number of Topliss-reactive ketones (excluding diaryl/α,β-unsaturated/α-hetero) is 1. The van der Waals surface area contributed by atoms with Gasteiger partial charge in [-0.15, -0.1) is 0 Å². The maximum Gasteiger partial charge on any atom is 0.295 e. The van der Waals surface area contributed by atoms with Crippen molar-refractivity contribution < 1.29 is 33.6 Å². The highest BCUT2D eigenvalue weighted by molar-refractivity contribution is 6.46. The van der Waals surface area contributed by atoms with E-state index in [1.54, 1.807) is 49.6 Å². The van der Waals surface area contributed by atoms with Crippen molar-refractivity contribution in [2.24, 2.45) is 0 Å². The predicted molar refractivity (Wildman–Crippen MR) is 171 cm³/mol. The Kier molecular flexibility index (Phi) is 10.2. The molecule has 0 spiro atoms. The molecule has 0 bridgehead atoms. The van der Waals surface area contributed by atoms with E-state index in [0.29, 0.717) is 54.6 Å². The van der Waals surface area contributed by atoms with Gasteiger partial charge in [0.25, 0.3) is 11.7 Å². The van der Waals surface area contributed by atoms with Gasteiger partial charge in [-0.2, -0.15) is 0 Å². The molecule has 1 amide bonds. The number of methoxy groups -OCH3 is 2. The molecule has 1 N–H and O–H groups in total. The van der Waals surface area contributed by atoms with Crippen LogP contribution in [0.5, 0.6) is 17.2 Å². The van der Waals surface area contributed by atoms with Crippen LogP contribution >= 0.6 is 0 Å². The average molecular weight is 608 g/mol. The highest BCUT2D eigenvalue weighted by atomic mass is 16.5. The first-order valence-corrected chi connectivity index (χ1v) is 14.8. The largest absolute Gasteiger partial charge is 0.507 e. The minimum atomic E-state index is -0.837. The van der Waals surface area contributed by atoms with Gasteiger partial charge in [-0.3, -0.25) is 9.59 Å². The SMILES string of the molecule is COCCCN1C(=O)C(=O)/C(=C(\O)c2ccc(OCc3ccc(C)cc3)cc2)C1c1ccc(OCc2ccccc2)c(OC)c1. The molecule has 1 aliphatic rings. The van der Waals surface area contributed by atoms with E-state index in [-0.39, 0.29) is 17.9 Å². The Morgan fingerprint density at radius 2 is 1.49 bits per heavy atom. The zero-order chi connectivity index (χ0) is 31.8. The summed E-state index contributed by atoms with van der Waals surface area (Å²) in [7, 11) is 3.12. The van der Waals surface area contributed by atoms with Crippen molar-refractivity contribution in [2.75, 3.05) is 27.4 Å². The van der Waals surface area contributed by atoms with Crippen LogP contribution in [0.4, 0.5) is 0 Å². The summed E-state index contributed by atoms with van der Waals surface area (Å²) in [4.78, 5) is 28.3. The number of benzene rings is 4. The Labute approximate surface area is 263 Å². The van der Waals surface area contributed by atoms with Gasteiger partial charge >= 0.3 is 0 Å². The van der Waals surface area contributed by atoms with Crippen LogP contribution in [0.25, 0.3) is 5.76 Å². The number of hydrogen-bond acceptors (Lipinski definition) is 7. The number of aliphatic hydroxyl groups excluding tert-OH is 1. The van der Waals surface area contributed by atoms with Crippen molar-refractivity contribution in [3.8, 4) is 17.2 Å². The van der Waals surface area contributed by atoms with Crippen LogP contribution in [0.2, 0.25) is 0 Å². The smallest absolute Gasteiger partial charge is 0.295 e. The van der Waals surface area contributed by atoms with E-state index in [9.17, 15) is 14.7 Å². The number of nitrogens with zero attached hydrogens (tertiary/aromatic N) is 1. The van der Waals surface area contributed by atoms with Crippen LogP contribution in [0, 0.1) is 6.92 Å². The van der Waals surface area contributed by atoms with Crippen LogP contribution in [0.15, 0.2) is 103 Å². The van der Waals surface area contributed by atoms with Gasteiger partial charge in [-0.25, -0.2) is 0 Å². The second-order valence-corrected chi connectivity index (χ2v) is 10.8. The van der Waals surface area contributed by atoms with E-state index in [1.165, 1.54) is 17.6 Å². The first-order valence-electron chi connectivity index (χ1n) is 14.8. The molecule has 0 aliphatic carbocycles. The topological polar surface area (TPSA) is 94.5 Å². The van der Waals surface area contributed by atoms with Gasteiger partial charge in [-0.1, -0.05) is 66.2 Å². The van der Waals surface area contributed by atoms with Gasteiger partial charge < -0.3 is 29.0 Å². The Bertz CT molecular complexity index is 1650. The fourth-order valence-electron chi connectivity index (χ4n) is 5.26. The Morgan fingerprint density at radius 1 is 0.800 bits per heavy atom. The molecule has 1 atom stereocenters. The molecule has 0 radical (unpaired) electrons. The van der Waals surface area contributed by atoms with E-state index in [1.807, 2.05) is 61.5 Å². The Morgan fingerprint density at radius 3 is 2.18 bits per heavy atom. The molecule has 1 heterocycles. The standard InChI is InChI=1S/C37H37NO7/c1-25-10-12-27(13-11-25)23-44-30-17-14-28(15-18-30)35(39)33-34(38(20-7-21-42-2)37(41)36(33)40)29-16-19-31(32(22-29)43-3)45-24-26-8-5-4-6-9-26/h4-6,8-19,22,34,39H,7,20-21,23-24H2,1-3H3/b35-33-. The third-order valence-corrected chi connectivity index (χ3v) is 7.68. The summed E-state index contributed by atoms with van der Waals surface area (Å²) in [6.07, 6.45) is 0.516. The summed E-state index contributed by atoms with van der Waals surface area (Å²) >= 11 is 0. The zero-order valence-corrected chi connectivity index (χ0v) is 25.7. The van der Waals surface area contributed by atoms with Gasteiger partial charge in [0.05, 0.1) is 18.7 Å². The van der Waals surface area contributed by atoms with Crippen molar-refractivity contribution in [1.82, 2.24) is 4.90 Å². The number of hydrogen-bond donors (Lipinski definition) is 1. The molecule has 8 nitrogen and oxygen atoms in total. The second-order valence-electron chi connectivity index (χ2n) is 10.8. The number of ketones is 1. The number of carbonyl (C=O) groups is 2. The predicted octanol–water partition coefficient (Wildman–Crippen LogP) is 6.62. The molecular weight excluding hydrogens is 570 g/mol. The number of aryl methyl sites for hydroxylation is 1. The lowest BCUT2D eigenvalue weighted by molar-refractivity contribution is -0.140. The van der Waals surface area contributed by atoms with Crippen molar-refractivity contribution >= 4 is 17.4 Å². The summed E-state index contributed by atoms with van der Waals surface area (Å²) in [6, 6.07) is 29.1. The van der Waals surface area contributed by atoms with E-state index in [2.05, 4.69) is 0 Å². The van der Waals surface area contributed by atoms with Gasteiger partial charge in [0.1, 0.15) is 24.7 Å².